The lowest BCUT2D eigenvalue weighted by Crippen LogP contribution is -2.01. The first kappa shape index (κ1) is 28.1. The van der Waals surface area contributed by atoms with Gasteiger partial charge in [0.1, 0.15) is 16.9 Å². The zero-order valence-electron chi connectivity index (χ0n) is 26.7. The van der Waals surface area contributed by atoms with Crippen LogP contribution in [0.4, 0.5) is 0 Å². The minimum atomic E-state index is 0.507. The first-order valence-corrected chi connectivity index (χ1v) is 16.6. The molecule has 50 heavy (non-hydrogen) atoms. The predicted molar refractivity (Wildman–Crippen MR) is 201 cm³/mol. The van der Waals surface area contributed by atoms with E-state index in [0.717, 1.165) is 66.3 Å². The molecule has 0 saturated carbocycles. The van der Waals surface area contributed by atoms with Crippen LogP contribution in [0, 0.1) is 0 Å². The second-order valence-corrected chi connectivity index (χ2v) is 12.3. The maximum absolute atomic E-state index is 6.59. The summed E-state index contributed by atoms with van der Waals surface area (Å²) >= 11 is 0. The number of fused-ring (bicyclic) bond motifs is 6. The molecule has 6 aromatic carbocycles. The summed E-state index contributed by atoms with van der Waals surface area (Å²) in [5, 5.41) is 4.26. The lowest BCUT2D eigenvalue weighted by molar-refractivity contribution is 0.669. The minimum absolute atomic E-state index is 0.507. The van der Waals surface area contributed by atoms with Crippen molar-refractivity contribution in [2.24, 2.45) is 0 Å². The summed E-state index contributed by atoms with van der Waals surface area (Å²) < 4.78 is 8.91. The van der Waals surface area contributed by atoms with Crippen LogP contribution in [-0.2, 0) is 0 Å². The zero-order valence-corrected chi connectivity index (χ0v) is 26.7. The number of para-hydroxylation sites is 2. The number of hydrogen-bond donors (Lipinski definition) is 0. The molecular weight excluding hydrogens is 615 g/mol. The molecule has 10 aromatic rings. The van der Waals surface area contributed by atoms with E-state index in [-0.39, 0.29) is 0 Å². The lowest BCUT2D eigenvalue weighted by Gasteiger charge is -2.10. The van der Waals surface area contributed by atoms with Crippen LogP contribution in [0.2, 0.25) is 0 Å². The van der Waals surface area contributed by atoms with Gasteiger partial charge in [0, 0.05) is 44.6 Å². The molecular formula is C44H27N5O. The van der Waals surface area contributed by atoms with Crippen molar-refractivity contribution in [2.75, 3.05) is 0 Å². The molecule has 6 nitrogen and oxygen atoms in total. The van der Waals surface area contributed by atoms with Crippen molar-refractivity contribution in [1.82, 2.24) is 24.5 Å². The summed E-state index contributed by atoms with van der Waals surface area (Å²) in [7, 11) is 0. The van der Waals surface area contributed by atoms with E-state index >= 15 is 0 Å². The molecule has 0 spiro atoms. The van der Waals surface area contributed by atoms with Gasteiger partial charge in [0.25, 0.3) is 0 Å². The minimum Gasteiger partial charge on any atom is -0.456 e. The normalized spacial score (nSPS) is 11.6. The Morgan fingerprint density at radius 3 is 2.02 bits per heavy atom. The Hall–Kier alpha value is -6.92. The number of pyridine rings is 1. The van der Waals surface area contributed by atoms with Crippen LogP contribution < -0.4 is 0 Å². The van der Waals surface area contributed by atoms with Gasteiger partial charge in [-0.2, -0.15) is 0 Å². The highest BCUT2D eigenvalue weighted by Gasteiger charge is 2.21. The molecule has 0 N–H and O–H groups in total. The molecule has 0 aliphatic heterocycles. The third kappa shape index (κ3) is 4.58. The molecule has 0 radical (unpaired) electrons. The molecule has 0 bridgehead atoms. The fourth-order valence-electron chi connectivity index (χ4n) is 7.03. The van der Waals surface area contributed by atoms with Gasteiger partial charge in [-0.15, -0.1) is 0 Å². The highest BCUT2D eigenvalue weighted by Crippen LogP contribution is 2.41. The summed E-state index contributed by atoms with van der Waals surface area (Å²) in [5.41, 5.74) is 9.58. The number of nitrogens with zero attached hydrogens (tertiary/aromatic N) is 5. The van der Waals surface area contributed by atoms with Crippen molar-refractivity contribution >= 4 is 43.7 Å². The number of rotatable bonds is 5. The molecule has 0 saturated heterocycles. The van der Waals surface area contributed by atoms with Gasteiger partial charge in [-0.25, -0.2) is 15.0 Å². The average Bonchev–Trinajstić information content (AvgIpc) is 3.72. The summed E-state index contributed by atoms with van der Waals surface area (Å²) in [6.07, 6.45) is 1.76. The zero-order chi connectivity index (χ0) is 33.0. The molecule has 0 fully saturated rings. The van der Waals surface area contributed by atoms with Gasteiger partial charge in [0.2, 0.25) is 0 Å². The Balaban J connectivity index is 1.23. The van der Waals surface area contributed by atoms with E-state index in [9.17, 15) is 0 Å². The van der Waals surface area contributed by atoms with Crippen LogP contribution in [0.3, 0.4) is 0 Å². The van der Waals surface area contributed by atoms with E-state index in [4.69, 9.17) is 19.4 Å². The van der Waals surface area contributed by atoms with Crippen LogP contribution in [0.1, 0.15) is 0 Å². The summed E-state index contributed by atoms with van der Waals surface area (Å²) in [5.74, 6) is 1.63. The van der Waals surface area contributed by atoms with Gasteiger partial charge < -0.3 is 8.98 Å². The number of furan rings is 1. The molecule has 0 amide bonds. The van der Waals surface area contributed by atoms with E-state index in [1.807, 2.05) is 66.7 Å². The van der Waals surface area contributed by atoms with Gasteiger partial charge >= 0.3 is 0 Å². The molecule has 6 heteroatoms. The number of benzene rings is 6. The van der Waals surface area contributed by atoms with E-state index < -0.39 is 0 Å². The standard InChI is InChI=1S/C44H27N5O/c1-3-13-28(14-4-1)29-15-11-16-30(25-29)42-46-43(48-44(47-42)36-21-9-10-24-45-36)33-20-12-23-39-41(33)35-26-38-34(27-40(35)50-39)32-19-7-8-22-37(32)49(38)31-17-5-2-6-18-31/h1-27H. The van der Waals surface area contributed by atoms with Crippen molar-refractivity contribution in [3.63, 3.8) is 0 Å². The second kappa shape index (κ2) is 11.4. The van der Waals surface area contributed by atoms with Gasteiger partial charge in [0.05, 0.1) is 11.0 Å². The Kier molecular flexibility index (Phi) is 6.39. The van der Waals surface area contributed by atoms with Gasteiger partial charge in [0.15, 0.2) is 17.5 Å². The first-order chi connectivity index (χ1) is 24.8. The maximum atomic E-state index is 6.59. The van der Waals surface area contributed by atoms with Crippen molar-refractivity contribution in [3.05, 3.63) is 164 Å². The average molecular weight is 642 g/mol. The fraction of sp³-hybridized carbons (Fsp3) is 0. The smallest absolute Gasteiger partial charge is 0.182 e. The quantitative estimate of drug-likeness (QED) is 0.187. The van der Waals surface area contributed by atoms with Crippen molar-refractivity contribution in [3.8, 4) is 51.1 Å². The topological polar surface area (TPSA) is 69.6 Å². The van der Waals surface area contributed by atoms with Crippen LogP contribution >= 0.6 is 0 Å². The SMILES string of the molecule is c1ccc(-c2cccc(-c3nc(-c4ccccn4)nc(-c4cccc5oc6cc7c8ccccc8n(-c8ccccc8)c7cc6c45)n3)c2)cc1. The molecule has 234 valence electrons. The fourth-order valence-corrected chi connectivity index (χ4v) is 7.03. The molecule has 0 aliphatic carbocycles. The highest BCUT2D eigenvalue weighted by molar-refractivity contribution is 6.19. The van der Waals surface area contributed by atoms with E-state index in [2.05, 4.69) is 101 Å². The van der Waals surface area contributed by atoms with Crippen LogP contribution in [0.25, 0.3) is 94.9 Å². The second-order valence-electron chi connectivity index (χ2n) is 12.3. The maximum Gasteiger partial charge on any atom is 0.182 e. The van der Waals surface area contributed by atoms with Crippen molar-refractivity contribution in [2.45, 2.75) is 0 Å². The van der Waals surface area contributed by atoms with E-state index in [0.29, 0.717) is 23.2 Å². The van der Waals surface area contributed by atoms with Crippen LogP contribution in [0.15, 0.2) is 168 Å². The van der Waals surface area contributed by atoms with Gasteiger partial charge in [-0.1, -0.05) is 103 Å². The summed E-state index contributed by atoms with van der Waals surface area (Å²) in [6.45, 7) is 0. The highest BCUT2D eigenvalue weighted by atomic mass is 16.3. The Morgan fingerprint density at radius 1 is 0.440 bits per heavy atom. The summed E-state index contributed by atoms with van der Waals surface area (Å²) in [4.78, 5) is 19.8. The number of aromatic nitrogens is 5. The molecule has 4 heterocycles. The molecule has 0 unspecified atom stereocenters. The molecule has 4 aromatic heterocycles. The van der Waals surface area contributed by atoms with Gasteiger partial charge in [-0.05, 0) is 65.7 Å². The van der Waals surface area contributed by atoms with Crippen LogP contribution in [-0.4, -0.2) is 24.5 Å². The first-order valence-electron chi connectivity index (χ1n) is 16.6. The lowest BCUT2D eigenvalue weighted by atomic mass is 10.0. The Bertz CT molecular complexity index is 2860. The molecule has 10 rings (SSSR count). The summed E-state index contributed by atoms with van der Waals surface area (Å²) in [6, 6.07) is 53.9. The Labute approximate surface area is 287 Å². The third-order valence-corrected chi connectivity index (χ3v) is 9.30. The predicted octanol–water partition coefficient (Wildman–Crippen LogP) is 10.9. The Morgan fingerprint density at radius 2 is 1.16 bits per heavy atom. The molecule has 0 atom stereocenters. The van der Waals surface area contributed by atoms with E-state index in [1.165, 1.54) is 5.39 Å². The van der Waals surface area contributed by atoms with Crippen molar-refractivity contribution < 1.29 is 4.42 Å². The van der Waals surface area contributed by atoms with Gasteiger partial charge in [-0.3, -0.25) is 4.98 Å². The van der Waals surface area contributed by atoms with Crippen LogP contribution in [0.5, 0.6) is 0 Å². The third-order valence-electron chi connectivity index (χ3n) is 9.30. The van der Waals surface area contributed by atoms with E-state index in [1.54, 1.807) is 6.20 Å². The monoisotopic (exact) mass is 641 g/mol. The van der Waals surface area contributed by atoms with Crippen molar-refractivity contribution in [1.29, 1.82) is 0 Å². The molecule has 0 aliphatic rings. The number of hydrogen-bond acceptors (Lipinski definition) is 5. The largest absolute Gasteiger partial charge is 0.456 e.